The van der Waals surface area contributed by atoms with Gasteiger partial charge in [0, 0.05) is 20.3 Å². The first-order chi connectivity index (χ1) is 9.50. The standard InChI is InChI=1S/C16H25NO3/c1-16(2,12-18)10-7-11-17-15(19)14(20-3)13-8-5-4-6-9-13/h4-6,8-9,14,18H,7,10-12H2,1-3H3,(H,17,19). The van der Waals surface area contributed by atoms with E-state index in [4.69, 9.17) is 4.74 Å². The van der Waals surface area contributed by atoms with Crippen molar-refractivity contribution in [3.8, 4) is 0 Å². The van der Waals surface area contributed by atoms with Crippen molar-refractivity contribution < 1.29 is 14.6 Å². The molecule has 1 amide bonds. The molecule has 4 nitrogen and oxygen atoms in total. The number of aliphatic hydroxyl groups excluding tert-OH is 1. The van der Waals surface area contributed by atoms with Crippen LogP contribution in [0.3, 0.4) is 0 Å². The fourth-order valence-electron chi connectivity index (χ4n) is 1.97. The van der Waals surface area contributed by atoms with Crippen LogP contribution in [0.5, 0.6) is 0 Å². The van der Waals surface area contributed by atoms with Crippen molar-refractivity contribution in [1.82, 2.24) is 5.32 Å². The summed E-state index contributed by atoms with van der Waals surface area (Å²) in [4.78, 5) is 12.1. The number of hydrogen-bond acceptors (Lipinski definition) is 3. The molecule has 0 saturated carbocycles. The number of rotatable bonds is 8. The molecule has 0 saturated heterocycles. The van der Waals surface area contributed by atoms with Crippen LogP contribution in [0.1, 0.15) is 38.4 Å². The number of benzene rings is 1. The molecule has 4 heteroatoms. The second kappa shape index (κ2) is 8.02. The summed E-state index contributed by atoms with van der Waals surface area (Å²) in [6.45, 7) is 4.77. The molecule has 1 aromatic carbocycles. The maximum absolute atomic E-state index is 12.1. The Morgan fingerprint density at radius 1 is 1.35 bits per heavy atom. The van der Waals surface area contributed by atoms with Gasteiger partial charge in [0.25, 0.3) is 5.91 Å². The fraction of sp³-hybridized carbons (Fsp3) is 0.562. The molecule has 1 aromatic rings. The van der Waals surface area contributed by atoms with E-state index in [1.54, 1.807) is 0 Å². The zero-order valence-electron chi connectivity index (χ0n) is 12.6. The van der Waals surface area contributed by atoms with Crippen LogP contribution in [0.25, 0.3) is 0 Å². The lowest BCUT2D eigenvalue weighted by Gasteiger charge is -2.21. The van der Waals surface area contributed by atoms with Crippen LogP contribution in [-0.2, 0) is 9.53 Å². The van der Waals surface area contributed by atoms with E-state index in [-0.39, 0.29) is 17.9 Å². The molecule has 1 atom stereocenters. The summed E-state index contributed by atoms with van der Waals surface area (Å²) in [5.74, 6) is -0.125. The summed E-state index contributed by atoms with van der Waals surface area (Å²) in [6, 6.07) is 9.44. The molecular weight excluding hydrogens is 254 g/mol. The topological polar surface area (TPSA) is 58.6 Å². The minimum atomic E-state index is -0.568. The lowest BCUT2D eigenvalue weighted by atomic mass is 9.89. The molecule has 112 valence electrons. The molecule has 0 aromatic heterocycles. The molecule has 0 spiro atoms. The van der Waals surface area contributed by atoms with Gasteiger partial charge in [-0.2, -0.15) is 0 Å². The Bertz CT molecular complexity index is 403. The fourth-order valence-corrected chi connectivity index (χ4v) is 1.97. The van der Waals surface area contributed by atoms with Crippen molar-refractivity contribution >= 4 is 5.91 Å². The minimum absolute atomic E-state index is 0.0924. The third-order valence-electron chi connectivity index (χ3n) is 3.33. The molecule has 0 radical (unpaired) electrons. The third-order valence-corrected chi connectivity index (χ3v) is 3.33. The Labute approximate surface area is 121 Å². The summed E-state index contributed by atoms with van der Waals surface area (Å²) in [5, 5.41) is 12.1. The number of carbonyl (C=O) groups is 1. The number of amides is 1. The summed E-state index contributed by atoms with van der Waals surface area (Å²) in [7, 11) is 1.53. The summed E-state index contributed by atoms with van der Waals surface area (Å²) in [6.07, 6.45) is 1.14. The van der Waals surface area contributed by atoms with Gasteiger partial charge in [-0.3, -0.25) is 4.79 Å². The van der Waals surface area contributed by atoms with Gasteiger partial charge in [0.2, 0.25) is 0 Å². The number of methoxy groups -OCH3 is 1. The summed E-state index contributed by atoms with van der Waals surface area (Å²) >= 11 is 0. The highest BCUT2D eigenvalue weighted by molar-refractivity contribution is 5.82. The minimum Gasteiger partial charge on any atom is -0.396 e. The second-order valence-electron chi connectivity index (χ2n) is 5.74. The Morgan fingerprint density at radius 2 is 2.00 bits per heavy atom. The van der Waals surface area contributed by atoms with Crippen LogP contribution in [0.2, 0.25) is 0 Å². The molecule has 2 N–H and O–H groups in total. The maximum atomic E-state index is 12.1. The van der Waals surface area contributed by atoms with E-state index < -0.39 is 6.10 Å². The van der Waals surface area contributed by atoms with Gasteiger partial charge in [-0.15, -0.1) is 0 Å². The molecule has 0 aliphatic rings. The van der Waals surface area contributed by atoms with E-state index in [9.17, 15) is 9.90 Å². The average Bonchev–Trinajstić information content (AvgIpc) is 2.45. The van der Waals surface area contributed by atoms with E-state index in [2.05, 4.69) is 5.32 Å². The zero-order valence-corrected chi connectivity index (χ0v) is 12.6. The van der Waals surface area contributed by atoms with Crippen molar-refractivity contribution in [3.05, 3.63) is 35.9 Å². The van der Waals surface area contributed by atoms with Gasteiger partial charge < -0.3 is 15.2 Å². The first kappa shape index (κ1) is 16.7. The van der Waals surface area contributed by atoms with Crippen LogP contribution in [-0.4, -0.2) is 31.3 Å². The first-order valence-electron chi connectivity index (χ1n) is 6.96. The van der Waals surface area contributed by atoms with Crippen molar-refractivity contribution in [2.75, 3.05) is 20.3 Å². The normalized spacial score (nSPS) is 13.0. The van der Waals surface area contributed by atoms with Gasteiger partial charge in [-0.25, -0.2) is 0 Å². The van der Waals surface area contributed by atoms with Gasteiger partial charge in [0.05, 0.1) is 0 Å². The molecule has 0 bridgehead atoms. The molecule has 0 aliphatic heterocycles. The SMILES string of the molecule is COC(C(=O)NCCCC(C)(C)CO)c1ccccc1. The zero-order chi connectivity index (χ0) is 15.0. The number of aliphatic hydroxyl groups is 1. The second-order valence-corrected chi connectivity index (χ2v) is 5.74. The van der Waals surface area contributed by atoms with E-state index >= 15 is 0 Å². The lowest BCUT2D eigenvalue weighted by molar-refractivity contribution is -0.131. The van der Waals surface area contributed by atoms with Gasteiger partial charge in [0.1, 0.15) is 0 Å². The average molecular weight is 279 g/mol. The van der Waals surface area contributed by atoms with Gasteiger partial charge >= 0.3 is 0 Å². The molecule has 1 unspecified atom stereocenters. The Balaban J connectivity index is 2.42. The highest BCUT2D eigenvalue weighted by Crippen LogP contribution is 2.21. The van der Waals surface area contributed by atoms with Gasteiger partial charge in [-0.1, -0.05) is 44.2 Å². The number of hydrogen-bond donors (Lipinski definition) is 2. The van der Waals surface area contributed by atoms with Gasteiger partial charge in [-0.05, 0) is 23.8 Å². The Hall–Kier alpha value is -1.39. The van der Waals surface area contributed by atoms with Crippen molar-refractivity contribution in [2.45, 2.75) is 32.8 Å². The van der Waals surface area contributed by atoms with Crippen LogP contribution >= 0.6 is 0 Å². The number of nitrogens with one attached hydrogen (secondary N) is 1. The van der Waals surface area contributed by atoms with E-state index in [1.807, 2.05) is 44.2 Å². The van der Waals surface area contributed by atoms with Crippen LogP contribution < -0.4 is 5.32 Å². The lowest BCUT2D eigenvalue weighted by Crippen LogP contribution is -2.31. The Morgan fingerprint density at radius 3 is 2.55 bits per heavy atom. The van der Waals surface area contributed by atoms with E-state index in [0.29, 0.717) is 6.54 Å². The van der Waals surface area contributed by atoms with Crippen molar-refractivity contribution in [2.24, 2.45) is 5.41 Å². The molecule has 0 aliphatic carbocycles. The van der Waals surface area contributed by atoms with Crippen LogP contribution in [0.15, 0.2) is 30.3 Å². The predicted octanol–water partition coefficient (Wildman–Crippen LogP) is 2.29. The summed E-state index contributed by atoms with van der Waals surface area (Å²) < 4.78 is 5.27. The van der Waals surface area contributed by atoms with Crippen LogP contribution in [0.4, 0.5) is 0 Å². The molecule has 1 rings (SSSR count). The smallest absolute Gasteiger partial charge is 0.253 e. The first-order valence-corrected chi connectivity index (χ1v) is 6.96. The van der Waals surface area contributed by atoms with Crippen LogP contribution in [0, 0.1) is 5.41 Å². The van der Waals surface area contributed by atoms with E-state index in [0.717, 1.165) is 18.4 Å². The highest BCUT2D eigenvalue weighted by Gasteiger charge is 2.20. The van der Waals surface area contributed by atoms with Crippen molar-refractivity contribution in [3.63, 3.8) is 0 Å². The predicted molar refractivity (Wildman–Crippen MR) is 79.3 cm³/mol. The quantitative estimate of drug-likeness (QED) is 0.718. The number of carbonyl (C=O) groups excluding carboxylic acids is 1. The van der Waals surface area contributed by atoms with Crippen molar-refractivity contribution in [1.29, 1.82) is 0 Å². The van der Waals surface area contributed by atoms with E-state index in [1.165, 1.54) is 7.11 Å². The highest BCUT2D eigenvalue weighted by atomic mass is 16.5. The van der Waals surface area contributed by atoms with Gasteiger partial charge in [0.15, 0.2) is 6.10 Å². The number of ether oxygens (including phenoxy) is 1. The third kappa shape index (κ3) is 5.31. The molecular formula is C16H25NO3. The largest absolute Gasteiger partial charge is 0.396 e. The Kier molecular flexibility index (Phi) is 6.68. The monoisotopic (exact) mass is 279 g/mol. The summed E-state index contributed by atoms with van der Waals surface area (Å²) in [5.41, 5.74) is 0.758. The maximum Gasteiger partial charge on any atom is 0.253 e. The molecule has 0 fully saturated rings. The molecule has 20 heavy (non-hydrogen) atoms. The molecule has 0 heterocycles.